The Bertz CT molecular complexity index is 148. The van der Waals surface area contributed by atoms with Crippen molar-refractivity contribution in [1.29, 1.82) is 0 Å². The van der Waals surface area contributed by atoms with Crippen molar-refractivity contribution < 1.29 is 4.79 Å². The molecular weight excluding hydrogens is 166 g/mol. The molecule has 0 radical (unpaired) electrons. The van der Waals surface area contributed by atoms with Crippen LogP contribution in [0.4, 0.5) is 0 Å². The van der Waals surface area contributed by atoms with Gasteiger partial charge in [0.05, 0.1) is 0 Å². The standard InChI is InChI=1S/C9H21N3O/c1-8(7-12(3)4)11-6-5-9(13)10-2/h8,11H,5-7H2,1-4H3,(H,10,13). The number of rotatable bonds is 6. The van der Waals surface area contributed by atoms with E-state index in [2.05, 4.69) is 22.5 Å². The van der Waals surface area contributed by atoms with Crippen molar-refractivity contribution in [2.45, 2.75) is 19.4 Å². The molecule has 1 atom stereocenters. The molecule has 0 aliphatic heterocycles. The van der Waals surface area contributed by atoms with Crippen LogP contribution in [0.1, 0.15) is 13.3 Å². The van der Waals surface area contributed by atoms with Crippen LogP contribution < -0.4 is 10.6 Å². The van der Waals surface area contributed by atoms with Crippen molar-refractivity contribution in [2.24, 2.45) is 0 Å². The van der Waals surface area contributed by atoms with E-state index in [1.807, 2.05) is 14.1 Å². The van der Waals surface area contributed by atoms with Crippen LogP contribution in [-0.2, 0) is 4.79 Å². The lowest BCUT2D eigenvalue weighted by Crippen LogP contribution is -2.37. The molecule has 1 unspecified atom stereocenters. The molecule has 0 aromatic carbocycles. The third kappa shape index (κ3) is 7.74. The Balaban J connectivity index is 3.36. The maximum Gasteiger partial charge on any atom is 0.221 e. The molecular formula is C9H21N3O. The minimum absolute atomic E-state index is 0.0875. The van der Waals surface area contributed by atoms with Gasteiger partial charge >= 0.3 is 0 Å². The van der Waals surface area contributed by atoms with E-state index in [1.54, 1.807) is 7.05 Å². The summed E-state index contributed by atoms with van der Waals surface area (Å²) < 4.78 is 0. The van der Waals surface area contributed by atoms with Crippen LogP contribution in [0, 0.1) is 0 Å². The Morgan fingerprint density at radius 3 is 2.54 bits per heavy atom. The monoisotopic (exact) mass is 187 g/mol. The quantitative estimate of drug-likeness (QED) is 0.598. The highest BCUT2D eigenvalue weighted by molar-refractivity contribution is 5.75. The van der Waals surface area contributed by atoms with Crippen molar-refractivity contribution in [3.63, 3.8) is 0 Å². The van der Waals surface area contributed by atoms with Crippen LogP contribution >= 0.6 is 0 Å². The van der Waals surface area contributed by atoms with Gasteiger partial charge in [-0.2, -0.15) is 0 Å². The lowest BCUT2D eigenvalue weighted by molar-refractivity contribution is -0.120. The molecule has 0 aromatic rings. The molecule has 0 aliphatic rings. The van der Waals surface area contributed by atoms with Gasteiger partial charge in [0.15, 0.2) is 0 Å². The number of carbonyl (C=O) groups excluding carboxylic acids is 1. The summed E-state index contributed by atoms with van der Waals surface area (Å²) in [6.45, 7) is 3.85. The molecule has 4 heteroatoms. The SMILES string of the molecule is CNC(=O)CCNC(C)CN(C)C. The van der Waals surface area contributed by atoms with E-state index in [9.17, 15) is 4.79 Å². The predicted octanol–water partition coefficient (Wildman–Crippen LogP) is -0.338. The fourth-order valence-corrected chi connectivity index (χ4v) is 1.17. The molecule has 0 bridgehead atoms. The zero-order chi connectivity index (χ0) is 10.3. The number of nitrogens with one attached hydrogen (secondary N) is 2. The normalized spacial score (nSPS) is 13.0. The van der Waals surface area contributed by atoms with Gasteiger partial charge in [0, 0.05) is 32.6 Å². The smallest absolute Gasteiger partial charge is 0.221 e. The Hall–Kier alpha value is -0.610. The number of carbonyl (C=O) groups is 1. The van der Waals surface area contributed by atoms with Crippen molar-refractivity contribution in [3.05, 3.63) is 0 Å². The Kier molecular flexibility index (Phi) is 6.54. The molecule has 4 nitrogen and oxygen atoms in total. The van der Waals surface area contributed by atoms with E-state index < -0.39 is 0 Å². The molecule has 2 N–H and O–H groups in total. The molecule has 0 rings (SSSR count). The average Bonchev–Trinajstić information content (AvgIpc) is 2.02. The summed E-state index contributed by atoms with van der Waals surface area (Å²) in [5, 5.41) is 5.87. The van der Waals surface area contributed by atoms with E-state index in [4.69, 9.17) is 0 Å². The zero-order valence-electron chi connectivity index (χ0n) is 9.05. The fourth-order valence-electron chi connectivity index (χ4n) is 1.17. The van der Waals surface area contributed by atoms with E-state index in [1.165, 1.54) is 0 Å². The minimum Gasteiger partial charge on any atom is -0.359 e. The Morgan fingerprint density at radius 2 is 2.08 bits per heavy atom. The van der Waals surface area contributed by atoms with Crippen molar-refractivity contribution in [1.82, 2.24) is 15.5 Å². The maximum atomic E-state index is 10.9. The molecule has 13 heavy (non-hydrogen) atoms. The van der Waals surface area contributed by atoms with Gasteiger partial charge < -0.3 is 15.5 Å². The molecule has 0 aliphatic carbocycles. The topological polar surface area (TPSA) is 44.4 Å². The third-order valence-corrected chi connectivity index (χ3v) is 1.76. The van der Waals surface area contributed by atoms with Gasteiger partial charge in [-0.25, -0.2) is 0 Å². The van der Waals surface area contributed by atoms with Crippen LogP contribution in [0.15, 0.2) is 0 Å². The summed E-state index contributed by atoms with van der Waals surface area (Å²) in [6, 6.07) is 0.430. The first kappa shape index (κ1) is 12.4. The number of hydrogen-bond donors (Lipinski definition) is 2. The summed E-state index contributed by atoms with van der Waals surface area (Å²) >= 11 is 0. The van der Waals surface area contributed by atoms with Gasteiger partial charge in [-0.05, 0) is 21.0 Å². The summed E-state index contributed by atoms with van der Waals surface area (Å²) in [7, 11) is 5.74. The van der Waals surface area contributed by atoms with Crippen molar-refractivity contribution in [2.75, 3.05) is 34.2 Å². The highest BCUT2D eigenvalue weighted by atomic mass is 16.1. The van der Waals surface area contributed by atoms with Gasteiger partial charge in [0.25, 0.3) is 0 Å². The Morgan fingerprint density at radius 1 is 1.46 bits per heavy atom. The summed E-state index contributed by atoms with van der Waals surface area (Å²) in [4.78, 5) is 13.0. The second-order valence-corrected chi connectivity index (χ2v) is 3.54. The summed E-state index contributed by atoms with van der Waals surface area (Å²) in [5.74, 6) is 0.0875. The summed E-state index contributed by atoms with van der Waals surface area (Å²) in [5.41, 5.74) is 0. The first-order valence-electron chi connectivity index (χ1n) is 4.65. The summed E-state index contributed by atoms with van der Waals surface area (Å²) in [6.07, 6.45) is 0.550. The molecule has 0 saturated heterocycles. The Labute approximate surface area is 80.7 Å². The molecule has 78 valence electrons. The molecule has 0 saturated carbocycles. The average molecular weight is 187 g/mol. The number of nitrogens with zero attached hydrogens (tertiary/aromatic N) is 1. The van der Waals surface area contributed by atoms with Gasteiger partial charge in [0.1, 0.15) is 0 Å². The first-order chi connectivity index (χ1) is 6.06. The fraction of sp³-hybridized carbons (Fsp3) is 0.889. The highest BCUT2D eigenvalue weighted by Crippen LogP contribution is 1.85. The lowest BCUT2D eigenvalue weighted by Gasteiger charge is -2.17. The van der Waals surface area contributed by atoms with E-state index >= 15 is 0 Å². The van der Waals surface area contributed by atoms with Crippen LogP contribution in [0.5, 0.6) is 0 Å². The molecule has 0 heterocycles. The van der Waals surface area contributed by atoms with Gasteiger partial charge in [-0.15, -0.1) is 0 Å². The van der Waals surface area contributed by atoms with Gasteiger partial charge in [0.2, 0.25) is 5.91 Å². The van der Waals surface area contributed by atoms with Crippen molar-refractivity contribution in [3.8, 4) is 0 Å². The highest BCUT2D eigenvalue weighted by Gasteiger charge is 2.03. The third-order valence-electron chi connectivity index (χ3n) is 1.76. The second kappa shape index (κ2) is 6.86. The minimum atomic E-state index is 0.0875. The van der Waals surface area contributed by atoms with Crippen LogP contribution in [0.25, 0.3) is 0 Å². The van der Waals surface area contributed by atoms with E-state index in [0.29, 0.717) is 12.5 Å². The molecule has 0 spiro atoms. The first-order valence-corrected chi connectivity index (χ1v) is 4.65. The lowest BCUT2D eigenvalue weighted by atomic mass is 10.3. The van der Waals surface area contributed by atoms with Gasteiger partial charge in [-0.1, -0.05) is 0 Å². The van der Waals surface area contributed by atoms with E-state index in [-0.39, 0.29) is 5.91 Å². The number of hydrogen-bond acceptors (Lipinski definition) is 3. The molecule has 1 amide bonds. The second-order valence-electron chi connectivity index (χ2n) is 3.54. The largest absolute Gasteiger partial charge is 0.359 e. The maximum absolute atomic E-state index is 10.9. The number of amides is 1. The van der Waals surface area contributed by atoms with Gasteiger partial charge in [-0.3, -0.25) is 4.79 Å². The number of likely N-dealkylation sites (N-methyl/N-ethyl adjacent to an activating group) is 1. The van der Waals surface area contributed by atoms with Crippen LogP contribution in [-0.4, -0.2) is 51.1 Å². The van der Waals surface area contributed by atoms with E-state index in [0.717, 1.165) is 13.1 Å². The van der Waals surface area contributed by atoms with Crippen LogP contribution in [0.3, 0.4) is 0 Å². The predicted molar refractivity (Wildman–Crippen MR) is 54.7 cm³/mol. The zero-order valence-corrected chi connectivity index (χ0v) is 9.05. The molecule has 0 aromatic heterocycles. The van der Waals surface area contributed by atoms with Crippen LogP contribution in [0.2, 0.25) is 0 Å². The van der Waals surface area contributed by atoms with Crippen molar-refractivity contribution >= 4 is 5.91 Å². The molecule has 0 fully saturated rings.